The standard InChI is InChI=1S/C22H22N4O2/c1-15-23-12-17-8-10-22(20(17)25-15)9-5-11-26(14-22)21(27)18-13-24-28-19(18)16-6-3-2-4-7-16/h2-4,6-7,12-13H,5,8-11,14H2,1H3. The van der Waals surface area contributed by atoms with Crippen LogP contribution in [0.2, 0.25) is 0 Å². The summed E-state index contributed by atoms with van der Waals surface area (Å²) in [5.74, 6) is 1.32. The third-order valence-electron chi connectivity index (χ3n) is 6.06. The molecule has 1 spiro atoms. The summed E-state index contributed by atoms with van der Waals surface area (Å²) in [4.78, 5) is 24.4. The van der Waals surface area contributed by atoms with Crippen LogP contribution >= 0.6 is 0 Å². The topological polar surface area (TPSA) is 72.1 Å². The average Bonchev–Trinajstić information content (AvgIpc) is 3.34. The van der Waals surface area contributed by atoms with Gasteiger partial charge in [0.2, 0.25) is 0 Å². The highest BCUT2D eigenvalue weighted by Crippen LogP contribution is 2.44. The second-order valence-electron chi connectivity index (χ2n) is 7.84. The Balaban J connectivity index is 1.46. The molecule has 1 unspecified atom stereocenters. The smallest absolute Gasteiger partial charge is 0.259 e. The molecule has 142 valence electrons. The molecule has 3 heterocycles. The van der Waals surface area contributed by atoms with Crippen LogP contribution in [0, 0.1) is 6.92 Å². The average molecular weight is 374 g/mol. The van der Waals surface area contributed by atoms with E-state index in [1.165, 1.54) is 5.56 Å². The van der Waals surface area contributed by atoms with E-state index in [0.29, 0.717) is 17.9 Å². The fourth-order valence-corrected chi connectivity index (χ4v) is 4.69. The Kier molecular flexibility index (Phi) is 4.00. The summed E-state index contributed by atoms with van der Waals surface area (Å²) in [6.45, 7) is 3.37. The van der Waals surface area contributed by atoms with Crippen LogP contribution in [0.5, 0.6) is 0 Å². The maximum atomic E-state index is 13.4. The van der Waals surface area contributed by atoms with Crippen LogP contribution in [0.15, 0.2) is 47.2 Å². The monoisotopic (exact) mass is 374 g/mol. The van der Waals surface area contributed by atoms with Gasteiger partial charge in [-0.25, -0.2) is 9.97 Å². The van der Waals surface area contributed by atoms with Crippen molar-refractivity contribution in [2.45, 2.75) is 38.0 Å². The number of piperidine rings is 1. The van der Waals surface area contributed by atoms with Gasteiger partial charge in [-0.05, 0) is 38.2 Å². The molecule has 1 saturated heterocycles. The maximum absolute atomic E-state index is 13.4. The zero-order valence-electron chi connectivity index (χ0n) is 15.9. The molecule has 6 nitrogen and oxygen atoms in total. The molecule has 6 heteroatoms. The van der Waals surface area contributed by atoms with Crippen LogP contribution in [0.3, 0.4) is 0 Å². The molecule has 0 saturated carbocycles. The summed E-state index contributed by atoms with van der Waals surface area (Å²) < 4.78 is 5.43. The van der Waals surface area contributed by atoms with E-state index < -0.39 is 0 Å². The second-order valence-corrected chi connectivity index (χ2v) is 7.84. The van der Waals surface area contributed by atoms with Crippen LogP contribution in [-0.2, 0) is 11.8 Å². The Morgan fingerprint density at radius 1 is 1.18 bits per heavy atom. The van der Waals surface area contributed by atoms with Crippen molar-refractivity contribution in [3.8, 4) is 11.3 Å². The van der Waals surface area contributed by atoms with Crippen LogP contribution in [0.1, 0.15) is 46.7 Å². The minimum atomic E-state index is -0.0545. The summed E-state index contributed by atoms with van der Waals surface area (Å²) in [5.41, 5.74) is 3.71. The highest BCUT2D eigenvalue weighted by Gasteiger charge is 2.45. The molecular formula is C22H22N4O2. The largest absolute Gasteiger partial charge is 0.355 e. The number of nitrogens with zero attached hydrogens (tertiary/aromatic N) is 4. The number of rotatable bonds is 2. The maximum Gasteiger partial charge on any atom is 0.259 e. The number of benzene rings is 1. The Hall–Kier alpha value is -3.02. The van der Waals surface area contributed by atoms with Gasteiger partial charge < -0.3 is 9.42 Å². The molecule has 3 aromatic rings. The minimum Gasteiger partial charge on any atom is -0.355 e. The molecule has 28 heavy (non-hydrogen) atoms. The van der Waals surface area contributed by atoms with Crippen molar-refractivity contribution in [1.29, 1.82) is 0 Å². The first-order chi connectivity index (χ1) is 13.7. The summed E-state index contributed by atoms with van der Waals surface area (Å²) >= 11 is 0. The molecule has 1 aliphatic heterocycles. The molecule has 0 N–H and O–H groups in total. The predicted octanol–water partition coefficient (Wildman–Crippen LogP) is 3.56. The lowest BCUT2D eigenvalue weighted by atomic mass is 9.77. The van der Waals surface area contributed by atoms with Gasteiger partial charge in [-0.3, -0.25) is 4.79 Å². The van der Waals surface area contributed by atoms with Gasteiger partial charge in [-0.2, -0.15) is 0 Å². The molecule has 1 amide bonds. The van der Waals surface area contributed by atoms with Gasteiger partial charge in [-0.15, -0.1) is 0 Å². The Morgan fingerprint density at radius 3 is 2.89 bits per heavy atom. The lowest BCUT2D eigenvalue weighted by Crippen LogP contribution is -2.48. The number of amides is 1. The van der Waals surface area contributed by atoms with Gasteiger partial charge in [0.1, 0.15) is 11.4 Å². The van der Waals surface area contributed by atoms with E-state index in [1.54, 1.807) is 6.20 Å². The number of aryl methyl sites for hydroxylation is 2. The normalized spacial score (nSPS) is 21.1. The minimum absolute atomic E-state index is 0.0154. The van der Waals surface area contributed by atoms with E-state index in [-0.39, 0.29) is 11.3 Å². The highest BCUT2D eigenvalue weighted by molar-refractivity contribution is 5.99. The number of aromatic nitrogens is 3. The molecule has 0 bridgehead atoms. The van der Waals surface area contributed by atoms with Gasteiger partial charge in [-0.1, -0.05) is 35.5 Å². The summed E-state index contributed by atoms with van der Waals surface area (Å²) in [7, 11) is 0. The summed E-state index contributed by atoms with van der Waals surface area (Å²) in [6.07, 6.45) is 7.55. The van der Waals surface area contributed by atoms with Crippen molar-refractivity contribution >= 4 is 5.91 Å². The van der Waals surface area contributed by atoms with Crippen molar-refractivity contribution in [3.05, 3.63) is 65.4 Å². The lowest BCUT2D eigenvalue weighted by Gasteiger charge is -2.40. The lowest BCUT2D eigenvalue weighted by molar-refractivity contribution is 0.0633. The van der Waals surface area contributed by atoms with Crippen molar-refractivity contribution < 1.29 is 9.32 Å². The first kappa shape index (κ1) is 17.1. The number of carbonyl (C=O) groups is 1. The Bertz CT molecular complexity index is 1030. The summed E-state index contributed by atoms with van der Waals surface area (Å²) in [6, 6.07) is 9.67. The van der Waals surface area contributed by atoms with E-state index >= 15 is 0 Å². The SMILES string of the molecule is Cc1ncc2c(n1)C1(CCCN(C(=O)c3cnoc3-c3ccccc3)C1)CC2. The highest BCUT2D eigenvalue weighted by atomic mass is 16.5. The number of hydrogen-bond acceptors (Lipinski definition) is 5. The van der Waals surface area contributed by atoms with Crippen molar-refractivity contribution in [2.75, 3.05) is 13.1 Å². The van der Waals surface area contributed by atoms with Crippen molar-refractivity contribution in [1.82, 2.24) is 20.0 Å². The molecular weight excluding hydrogens is 352 g/mol. The van der Waals surface area contributed by atoms with Crippen molar-refractivity contribution in [2.24, 2.45) is 0 Å². The van der Waals surface area contributed by atoms with Crippen LogP contribution in [0.25, 0.3) is 11.3 Å². The van der Waals surface area contributed by atoms with Gasteiger partial charge in [0, 0.05) is 30.3 Å². The second kappa shape index (κ2) is 6.55. The molecule has 1 atom stereocenters. The Morgan fingerprint density at radius 2 is 2.04 bits per heavy atom. The van der Waals surface area contributed by atoms with Gasteiger partial charge in [0.25, 0.3) is 5.91 Å². The van der Waals surface area contributed by atoms with Crippen LogP contribution < -0.4 is 0 Å². The Labute approximate surface area is 163 Å². The first-order valence-corrected chi connectivity index (χ1v) is 9.79. The predicted molar refractivity (Wildman–Crippen MR) is 104 cm³/mol. The summed E-state index contributed by atoms with van der Waals surface area (Å²) in [5, 5.41) is 3.91. The van der Waals surface area contributed by atoms with E-state index in [1.807, 2.05) is 48.4 Å². The molecule has 1 fully saturated rings. The van der Waals surface area contributed by atoms with Gasteiger partial charge in [0.05, 0.1) is 11.9 Å². The number of likely N-dealkylation sites (tertiary alicyclic amines) is 1. The fourth-order valence-electron chi connectivity index (χ4n) is 4.69. The molecule has 1 aromatic carbocycles. The first-order valence-electron chi connectivity index (χ1n) is 9.79. The van der Waals surface area contributed by atoms with Gasteiger partial charge in [0.15, 0.2) is 5.76 Å². The molecule has 0 radical (unpaired) electrons. The number of hydrogen-bond donors (Lipinski definition) is 0. The molecule has 1 aliphatic carbocycles. The number of fused-ring (bicyclic) bond motifs is 2. The third-order valence-corrected chi connectivity index (χ3v) is 6.06. The zero-order valence-corrected chi connectivity index (χ0v) is 15.9. The van der Waals surface area contributed by atoms with E-state index in [9.17, 15) is 4.79 Å². The van der Waals surface area contributed by atoms with E-state index in [0.717, 1.165) is 49.3 Å². The molecule has 2 aliphatic rings. The third kappa shape index (κ3) is 2.71. The van der Waals surface area contributed by atoms with E-state index in [2.05, 4.69) is 10.1 Å². The van der Waals surface area contributed by atoms with Crippen molar-refractivity contribution in [3.63, 3.8) is 0 Å². The quantitative estimate of drug-likeness (QED) is 0.686. The molecule has 5 rings (SSSR count). The zero-order chi connectivity index (χ0) is 19.1. The molecule has 2 aromatic heterocycles. The van der Waals surface area contributed by atoms with Gasteiger partial charge >= 0.3 is 0 Å². The van der Waals surface area contributed by atoms with Crippen LogP contribution in [-0.4, -0.2) is 39.0 Å². The fraction of sp³-hybridized carbons (Fsp3) is 0.364. The van der Waals surface area contributed by atoms with Crippen LogP contribution in [0.4, 0.5) is 0 Å². The van der Waals surface area contributed by atoms with E-state index in [4.69, 9.17) is 9.51 Å². The number of carbonyl (C=O) groups excluding carboxylic acids is 1.